The zero-order valence-electron chi connectivity index (χ0n) is 12.3. The van der Waals surface area contributed by atoms with Crippen LogP contribution in [0.4, 0.5) is 0 Å². The maximum atomic E-state index is 11.6. The third-order valence-electron chi connectivity index (χ3n) is 4.19. The fraction of sp³-hybridized carbons (Fsp3) is 0.562. The summed E-state index contributed by atoms with van der Waals surface area (Å²) >= 11 is 0. The molecule has 5 heteroatoms. The van der Waals surface area contributed by atoms with Gasteiger partial charge in [0, 0.05) is 31.5 Å². The standard InChI is InChI=1S/C16H21NO4/c1-19-15(18)11-17-10-13-4-2-3-5-14(13)21-16(12-17)6-8-20-9-7-16/h2-5H,6-12H2,1H3. The average molecular weight is 291 g/mol. The number of nitrogens with zero attached hydrogens (tertiary/aromatic N) is 1. The number of carbonyl (C=O) groups is 1. The molecule has 0 amide bonds. The average Bonchev–Trinajstić information content (AvgIpc) is 2.63. The van der Waals surface area contributed by atoms with Gasteiger partial charge in [0.1, 0.15) is 11.4 Å². The molecule has 3 rings (SSSR count). The van der Waals surface area contributed by atoms with Crippen molar-refractivity contribution < 1.29 is 19.0 Å². The Kier molecular flexibility index (Phi) is 4.12. The van der Waals surface area contributed by atoms with Crippen LogP contribution in [-0.4, -0.2) is 49.9 Å². The number of hydrogen-bond donors (Lipinski definition) is 0. The van der Waals surface area contributed by atoms with Crippen molar-refractivity contribution in [1.29, 1.82) is 0 Å². The van der Waals surface area contributed by atoms with E-state index in [1.165, 1.54) is 7.11 Å². The van der Waals surface area contributed by atoms with Crippen molar-refractivity contribution >= 4 is 5.97 Å². The van der Waals surface area contributed by atoms with Crippen LogP contribution in [0.15, 0.2) is 24.3 Å². The summed E-state index contributed by atoms with van der Waals surface area (Å²) in [4.78, 5) is 13.8. The topological polar surface area (TPSA) is 48.0 Å². The first kappa shape index (κ1) is 14.4. The second-order valence-electron chi connectivity index (χ2n) is 5.73. The number of fused-ring (bicyclic) bond motifs is 1. The molecule has 0 aliphatic carbocycles. The predicted octanol–water partition coefficient (Wildman–Crippen LogP) is 1.60. The van der Waals surface area contributed by atoms with E-state index < -0.39 is 0 Å². The SMILES string of the molecule is COC(=O)CN1Cc2ccccc2OC2(CCOCC2)C1. The lowest BCUT2D eigenvalue weighted by atomic mass is 9.93. The van der Waals surface area contributed by atoms with Crippen molar-refractivity contribution in [2.75, 3.05) is 33.4 Å². The van der Waals surface area contributed by atoms with E-state index >= 15 is 0 Å². The number of carbonyl (C=O) groups excluding carboxylic acids is 1. The summed E-state index contributed by atoms with van der Waals surface area (Å²) in [6, 6.07) is 8.05. The van der Waals surface area contributed by atoms with Gasteiger partial charge < -0.3 is 14.2 Å². The van der Waals surface area contributed by atoms with Crippen molar-refractivity contribution in [2.24, 2.45) is 0 Å². The first-order valence-corrected chi connectivity index (χ1v) is 7.35. The Morgan fingerprint density at radius 3 is 2.86 bits per heavy atom. The van der Waals surface area contributed by atoms with Gasteiger partial charge in [0.15, 0.2) is 0 Å². The van der Waals surface area contributed by atoms with Crippen LogP contribution in [0.1, 0.15) is 18.4 Å². The summed E-state index contributed by atoms with van der Waals surface area (Å²) < 4.78 is 16.6. The predicted molar refractivity (Wildman–Crippen MR) is 77.1 cm³/mol. The maximum Gasteiger partial charge on any atom is 0.319 e. The minimum atomic E-state index is -0.265. The van der Waals surface area contributed by atoms with Gasteiger partial charge in [-0.25, -0.2) is 0 Å². The second-order valence-corrected chi connectivity index (χ2v) is 5.73. The second kappa shape index (κ2) is 6.03. The van der Waals surface area contributed by atoms with Gasteiger partial charge in [0.05, 0.1) is 26.9 Å². The summed E-state index contributed by atoms with van der Waals surface area (Å²) in [5.41, 5.74) is 0.851. The van der Waals surface area contributed by atoms with E-state index in [0.717, 1.165) is 30.7 Å². The molecule has 0 saturated carbocycles. The van der Waals surface area contributed by atoms with Crippen molar-refractivity contribution in [3.63, 3.8) is 0 Å². The van der Waals surface area contributed by atoms with Crippen molar-refractivity contribution in [2.45, 2.75) is 25.0 Å². The van der Waals surface area contributed by atoms with Gasteiger partial charge in [0.2, 0.25) is 0 Å². The van der Waals surface area contributed by atoms with Crippen LogP contribution in [0.25, 0.3) is 0 Å². The maximum absolute atomic E-state index is 11.6. The Hall–Kier alpha value is -1.59. The van der Waals surface area contributed by atoms with Crippen LogP contribution in [0.3, 0.4) is 0 Å². The summed E-state index contributed by atoms with van der Waals surface area (Å²) in [6.07, 6.45) is 1.69. The van der Waals surface area contributed by atoms with Crippen molar-refractivity contribution in [1.82, 2.24) is 4.90 Å². The Morgan fingerprint density at radius 2 is 2.10 bits per heavy atom. The Bertz CT molecular complexity index is 511. The lowest BCUT2D eigenvalue weighted by Gasteiger charge is -2.38. The van der Waals surface area contributed by atoms with Gasteiger partial charge in [-0.05, 0) is 6.07 Å². The van der Waals surface area contributed by atoms with Crippen molar-refractivity contribution in [3.05, 3.63) is 29.8 Å². The van der Waals surface area contributed by atoms with Crippen LogP contribution in [0.2, 0.25) is 0 Å². The van der Waals surface area contributed by atoms with Crippen LogP contribution >= 0.6 is 0 Å². The summed E-state index contributed by atoms with van der Waals surface area (Å²) in [6.45, 7) is 3.12. The van der Waals surface area contributed by atoms with Crippen LogP contribution in [0.5, 0.6) is 5.75 Å². The molecule has 2 heterocycles. The minimum Gasteiger partial charge on any atom is -0.485 e. The van der Waals surface area contributed by atoms with Gasteiger partial charge >= 0.3 is 5.97 Å². The number of rotatable bonds is 2. The van der Waals surface area contributed by atoms with E-state index in [2.05, 4.69) is 11.0 Å². The van der Waals surface area contributed by atoms with Gasteiger partial charge in [-0.2, -0.15) is 0 Å². The molecule has 1 aromatic rings. The van der Waals surface area contributed by atoms with E-state index in [9.17, 15) is 4.79 Å². The minimum absolute atomic E-state index is 0.211. The van der Waals surface area contributed by atoms with Gasteiger partial charge in [-0.3, -0.25) is 9.69 Å². The molecule has 0 aromatic heterocycles. The highest BCUT2D eigenvalue weighted by molar-refractivity contribution is 5.71. The highest BCUT2D eigenvalue weighted by atomic mass is 16.5. The number of hydrogen-bond acceptors (Lipinski definition) is 5. The Morgan fingerprint density at radius 1 is 1.33 bits per heavy atom. The first-order valence-electron chi connectivity index (χ1n) is 7.35. The fourth-order valence-electron chi connectivity index (χ4n) is 3.07. The van der Waals surface area contributed by atoms with Crippen molar-refractivity contribution in [3.8, 4) is 5.75 Å². The third-order valence-corrected chi connectivity index (χ3v) is 4.19. The molecule has 0 unspecified atom stereocenters. The molecule has 2 aliphatic heterocycles. The molecule has 1 aromatic carbocycles. The quantitative estimate of drug-likeness (QED) is 0.775. The molecule has 0 N–H and O–H groups in total. The summed E-state index contributed by atoms with van der Waals surface area (Å²) in [5, 5.41) is 0. The molecule has 5 nitrogen and oxygen atoms in total. The molecule has 1 fully saturated rings. The molecule has 1 spiro atoms. The fourth-order valence-corrected chi connectivity index (χ4v) is 3.07. The third kappa shape index (κ3) is 3.19. The number of ether oxygens (including phenoxy) is 3. The molecule has 114 valence electrons. The highest BCUT2D eigenvalue weighted by Gasteiger charge is 2.39. The Labute approximate surface area is 124 Å². The van der Waals surface area contributed by atoms with Gasteiger partial charge in [-0.1, -0.05) is 18.2 Å². The van der Waals surface area contributed by atoms with E-state index in [1.807, 2.05) is 18.2 Å². The molecule has 21 heavy (non-hydrogen) atoms. The van der Waals surface area contributed by atoms with Crippen LogP contribution < -0.4 is 4.74 Å². The summed E-state index contributed by atoms with van der Waals surface area (Å²) in [7, 11) is 1.43. The monoisotopic (exact) mass is 291 g/mol. The van der Waals surface area contributed by atoms with Gasteiger partial charge in [-0.15, -0.1) is 0 Å². The number of para-hydroxylation sites is 1. The summed E-state index contributed by atoms with van der Waals surface area (Å²) in [5.74, 6) is 0.711. The Balaban J connectivity index is 1.88. The van der Waals surface area contributed by atoms with E-state index in [-0.39, 0.29) is 18.1 Å². The smallest absolute Gasteiger partial charge is 0.319 e. The molecular weight excluding hydrogens is 270 g/mol. The highest BCUT2D eigenvalue weighted by Crippen LogP contribution is 2.34. The zero-order chi connectivity index (χ0) is 14.7. The largest absolute Gasteiger partial charge is 0.485 e. The lowest BCUT2D eigenvalue weighted by molar-refractivity contribution is -0.143. The number of esters is 1. The zero-order valence-corrected chi connectivity index (χ0v) is 12.3. The molecule has 0 radical (unpaired) electrons. The molecule has 0 bridgehead atoms. The molecule has 2 aliphatic rings. The molecule has 1 saturated heterocycles. The molecular formula is C16H21NO4. The van der Waals surface area contributed by atoms with E-state index in [0.29, 0.717) is 19.8 Å². The van der Waals surface area contributed by atoms with Gasteiger partial charge in [0.25, 0.3) is 0 Å². The first-order chi connectivity index (χ1) is 10.2. The van der Waals surface area contributed by atoms with Crippen LogP contribution in [0, 0.1) is 0 Å². The lowest BCUT2D eigenvalue weighted by Crippen LogP contribution is -2.50. The van der Waals surface area contributed by atoms with Crippen LogP contribution in [-0.2, 0) is 20.8 Å². The molecule has 0 atom stereocenters. The number of methoxy groups -OCH3 is 1. The van der Waals surface area contributed by atoms with E-state index in [1.54, 1.807) is 0 Å². The van der Waals surface area contributed by atoms with E-state index in [4.69, 9.17) is 14.2 Å². The number of benzene rings is 1. The normalized spacial score (nSPS) is 21.2.